The van der Waals surface area contributed by atoms with Crippen LogP contribution in [0.1, 0.15) is 13.8 Å². The van der Waals surface area contributed by atoms with Gasteiger partial charge in [-0.05, 0) is 19.9 Å². The predicted molar refractivity (Wildman–Crippen MR) is 58.5 cm³/mol. The molecule has 0 bridgehead atoms. The topological polar surface area (TPSA) is 84.9 Å². The average molecular weight is 233 g/mol. The van der Waals surface area contributed by atoms with Crippen LogP contribution in [0.15, 0.2) is 12.7 Å². The number of carbonyl (C=O) groups excluding carboxylic acids is 2. The van der Waals surface area contributed by atoms with Crippen molar-refractivity contribution in [2.24, 2.45) is 0 Å². The summed E-state index contributed by atoms with van der Waals surface area (Å²) in [6, 6.07) is 0. The van der Waals surface area contributed by atoms with Crippen molar-refractivity contribution in [3.63, 3.8) is 0 Å². The van der Waals surface area contributed by atoms with Crippen LogP contribution in [0, 0.1) is 0 Å². The maximum Gasteiger partial charge on any atom is 0.356 e. The molecular weight excluding hydrogens is 214 g/mol. The number of methoxy groups -OCH3 is 1. The van der Waals surface area contributed by atoms with Crippen molar-refractivity contribution >= 4 is 11.9 Å². The van der Waals surface area contributed by atoms with Gasteiger partial charge in [-0.15, -0.1) is 0 Å². The molecule has 0 fully saturated rings. The Balaban J connectivity index is 0. The highest BCUT2D eigenvalue weighted by molar-refractivity contribution is 5.90. The summed E-state index contributed by atoms with van der Waals surface area (Å²) < 4.78 is 8.95. The molecule has 6 nitrogen and oxygen atoms in total. The van der Waals surface area contributed by atoms with Gasteiger partial charge in [-0.25, -0.2) is 4.79 Å². The summed E-state index contributed by atoms with van der Waals surface area (Å²) in [4.78, 5) is 20.9. The lowest BCUT2D eigenvalue weighted by molar-refractivity contribution is -0.154. The number of nitrogens with one attached hydrogen (secondary N) is 1. The highest BCUT2D eigenvalue weighted by atomic mass is 16.5. The van der Waals surface area contributed by atoms with Crippen LogP contribution in [0.2, 0.25) is 0 Å². The van der Waals surface area contributed by atoms with E-state index < -0.39 is 18.1 Å². The fraction of sp³-hybridized carbons (Fsp3) is 0.600. The van der Waals surface area contributed by atoms with Crippen LogP contribution in [0.5, 0.6) is 0 Å². The Morgan fingerprint density at radius 3 is 2.19 bits per heavy atom. The molecule has 2 N–H and O–H groups in total. The average Bonchev–Trinajstić information content (AvgIpc) is 2.29. The Morgan fingerprint density at radius 2 is 1.94 bits per heavy atom. The Morgan fingerprint density at radius 1 is 1.44 bits per heavy atom. The third kappa shape index (κ3) is 10.7. The molecule has 0 spiro atoms. The number of amides is 1. The molecular formula is C10H19NO5. The minimum atomic E-state index is -1.62. The molecule has 0 aliphatic carbocycles. The van der Waals surface area contributed by atoms with Crippen molar-refractivity contribution in [1.82, 2.24) is 5.32 Å². The van der Waals surface area contributed by atoms with Gasteiger partial charge in [-0.3, -0.25) is 4.79 Å². The molecule has 0 aromatic rings. The summed E-state index contributed by atoms with van der Waals surface area (Å²) in [5, 5.41) is 10.7. The lowest BCUT2D eigenvalue weighted by atomic mass is 10.5. The van der Waals surface area contributed by atoms with Crippen LogP contribution < -0.4 is 5.32 Å². The van der Waals surface area contributed by atoms with Gasteiger partial charge in [0, 0.05) is 13.2 Å². The van der Waals surface area contributed by atoms with E-state index in [-0.39, 0.29) is 0 Å². The van der Waals surface area contributed by atoms with Gasteiger partial charge in [0.05, 0.1) is 7.11 Å². The fourth-order valence-electron chi connectivity index (χ4n) is 0.568. The zero-order valence-electron chi connectivity index (χ0n) is 9.86. The number of rotatable bonds is 5. The smallest absolute Gasteiger partial charge is 0.356 e. The van der Waals surface area contributed by atoms with Crippen LogP contribution in [-0.2, 0) is 19.1 Å². The van der Waals surface area contributed by atoms with Crippen molar-refractivity contribution in [1.29, 1.82) is 0 Å². The normalized spacial score (nSPS) is 10.5. The molecule has 1 atom stereocenters. The first-order valence-corrected chi connectivity index (χ1v) is 4.79. The van der Waals surface area contributed by atoms with Crippen molar-refractivity contribution in [2.75, 3.05) is 20.3 Å². The van der Waals surface area contributed by atoms with Gasteiger partial charge in [0.25, 0.3) is 0 Å². The van der Waals surface area contributed by atoms with E-state index in [1.807, 2.05) is 19.2 Å². The summed E-state index contributed by atoms with van der Waals surface area (Å²) >= 11 is 0. The second-order valence-electron chi connectivity index (χ2n) is 2.42. The van der Waals surface area contributed by atoms with E-state index in [1.54, 1.807) is 0 Å². The highest BCUT2D eigenvalue weighted by Gasteiger charge is 2.15. The fourth-order valence-corrected chi connectivity index (χ4v) is 0.568. The van der Waals surface area contributed by atoms with Gasteiger partial charge in [-0.2, -0.15) is 0 Å². The predicted octanol–water partition coefficient (Wildman–Crippen LogP) is -0.177. The van der Waals surface area contributed by atoms with Crippen LogP contribution in [-0.4, -0.2) is 43.5 Å². The van der Waals surface area contributed by atoms with Crippen molar-refractivity contribution in [3.8, 4) is 0 Å². The third-order valence-corrected chi connectivity index (χ3v) is 1.30. The van der Waals surface area contributed by atoms with Crippen molar-refractivity contribution in [2.45, 2.75) is 20.1 Å². The first kappa shape index (κ1) is 17.0. The minimum absolute atomic E-state index is 0.636. The molecule has 6 heteroatoms. The second kappa shape index (κ2) is 11.7. The first-order chi connectivity index (χ1) is 7.53. The van der Waals surface area contributed by atoms with E-state index in [1.165, 1.54) is 0 Å². The second-order valence-corrected chi connectivity index (χ2v) is 2.42. The number of ether oxygens (including phenoxy) is 2. The molecule has 0 radical (unpaired) electrons. The third-order valence-electron chi connectivity index (χ3n) is 1.30. The number of esters is 1. The van der Waals surface area contributed by atoms with Crippen molar-refractivity contribution in [3.05, 3.63) is 12.7 Å². The molecule has 0 saturated heterocycles. The van der Waals surface area contributed by atoms with Gasteiger partial charge in [0.2, 0.25) is 12.1 Å². The van der Waals surface area contributed by atoms with E-state index in [2.05, 4.69) is 11.3 Å². The molecule has 16 heavy (non-hydrogen) atoms. The van der Waals surface area contributed by atoms with E-state index in [9.17, 15) is 9.59 Å². The molecule has 0 heterocycles. The zero-order chi connectivity index (χ0) is 13.0. The maximum absolute atomic E-state index is 10.4. The molecule has 1 amide bonds. The summed E-state index contributed by atoms with van der Waals surface area (Å²) in [6.45, 7) is 8.79. The van der Waals surface area contributed by atoms with Crippen LogP contribution >= 0.6 is 0 Å². The van der Waals surface area contributed by atoms with Gasteiger partial charge in [0.15, 0.2) is 0 Å². The molecule has 0 aromatic heterocycles. The number of carbonyl (C=O) groups is 2. The van der Waals surface area contributed by atoms with Crippen molar-refractivity contribution < 1.29 is 24.2 Å². The van der Waals surface area contributed by atoms with Gasteiger partial charge in [0.1, 0.15) is 0 Å². The standard InChI is InChI=1S/C6H9NO4.C4H10O/c1-3-4(8)7-5(9)6(10)11-2;1-3-5-4-2/h3,5,9H,1H2,2H3,(H,7,8);3-4H2,1-2H3. The number of hydrogen-bond acceptors (Lipinski definition) is 5. The monoisotopic (exact) mass is 233 g/mol. The summed E-state index contributed by atoms with van der Waals surface area (Å²) in [7, 11) is 1.10. The lowest BCUT2D eigenvalue weighted by Gasteiger charge is -2.07. The summed E-state index contributed by atoms with van der Waals surface area (Å²) in [6.07, 6.45) is -0.683. The number of aliphatic hydroxyl groups excluding tert-OH is 1. The number of aliphatic hydroxyl groups is 1. The maximum atomic E-state index is 10.4. The Bertz CT molecular complexity index is 215. The Kier molecular flexibility index (Phi) is 12.4. The van der Waals surface area contributed by atoms with Crippen LogP contribution in [0.25, 0.3) is 0 Å². The van der Waals surface area contributed by atoms with Crippen LogP contribution in [0.4, 0.5) is 0 Å². The molecule has 0 aromatic carbocycles. The van der Waals surface area contributed by atoms with E-state index in [0.717, 1.165) is 26.4 Å². The van der Waals surface area contributed by atoms with Gasteiger partial charge < -0.3 is 19.9 Å². The molecule has 94 valence electrons. The molecule has 0 aliphatic heterocycles. The minimum Gasteiger partial charge on any atom is -0.466 e. The molecule has 0 aliphatic rings. The van der Waals surface area contributed by atoms with E-state index in [4.69, 9.17) is 9.84 Å². The summed E-state index contributed by atoms with van der Waals surface area (Å²) in [5.74, 6) is -1.55. The van der Waals surface area contributed by atoms with Gasteiger partial charge >= 0.3 is 5.97 Å². The first-order valence-electron chi connectivity index (χ1n) is 4.79. The summed E-state index contributed by atoms with van der Waals surface area (Å²) in [5.41, 5.74) is 0. The Hall–Kier alpha value is -1.40. The number of hydrogen-bond donors (Lipinski definition) is 2. The quantitative estimate of drug-likeness (QED) is 0.391. The molecule has 1 unspecified atom stereocenters. The van der Waals surface area contributed by atoms with Crippen LogP contribution in [0.3, 0.4) is 0 Å². The highest BCUT2D eigenvalue weighted by Crippen LogP contribution is 1.81. The largest absolute Gasteiger partial charge is 0.466 e. The molecule has 0 rings (SSSR count). The Labute approximate surface area is 95.2 Å². The SMILES string of the molecule is C=CC(=O)NC(O)C(=O)OC.CCOCC. The zero-order valence-corrected chi connectivity index (χ0v) is 9.86. The molecule has 0 saturated carbocycles. The van der Waals surface area contributed by atoms with Gasteiger partial charge in [-0.1, -0.05) is 6.58 Å². The lowest BCUT2D eigenvalue weighted by Crippen LogP contribution is -2.40. The van der Waals surface area contributed by atoms with E-state index in [0.29, 0.717) is 0 Å². The van der Waals surface area contributed by atoms with E-state index >= 15 is 0 Å².